The highest BCUT2D eigenvalue weighted by Gasteiger charge is 2.20. The Bertz CT molecular complexity index is 640. The van der Waals surface area contributed by atoms with E-state index in [0.29, 0.717) is 11.0 Å². The molecule has 1 aliphatic heterocycles. The van der Waals surface area contributed by atoms with E-state index in [-0.39, 0.29) is 11.6 Å². The largest absolute Gasteiger partial charge is 0.381 e. The first-order valence-corrected chi connectivity index (χ1v) is 7.33. The molecule has 0 aromatic carbocycles. The van der Waals surface area contributed by atoms with Crippen molar-refractivity contribution >= 4 is 11.0 Å². The Hall–Kier alpha value is -1.69. The normalized spacial score (nSPS) is 16.9. The predicted molar refractivity (Wildman–Crippen MR) is 75.9 cm³/mol. The summed E-state index contributed by atoms with van der Waals surface area (Å²) in [5, 5.41) is 4.96. The van der Waals surface area contributed by atoms with Gasteiger partial charge in [0.05, 0.1) is 12.2 Å². The van der Waals surface area contributed by atoms with Crippen LogP contribution in [-0.4, -0.2) is 33.0 Å². The zero-order valence-electron chi connectivity index (χ0n) is 11.8. The third-order valence-electron chi connectivity index (χ3n) is 3.82. The van der Waals surface area contributed by atoms with Crippen molar-refractivity contribution in [1.82, 2.24) is 19.7 Å². The molecular formula is C14H20N4O2. The molecule has 0 aliphatic carbocycles. The fraction of sp³-hybridized carbons (Fsp3) is 0.643. The second-order valence-electron chi connectivity index (χ2n) is 5.29. The van der Waals surface area contributed by atoms with Crippen molar-refractivity contribution in [3.8, 4) is 0 Å². The summed E-state index contributed by atoms with van der Waals surface area (Å²) in [5.74, 6) is 0.762. The maximum atomic E-state index is 12.1. The van der Waals surface area contributed by atoms with Crippen LogP contribution in [0.3, 0.4) is 0 Å². The molecule has 0 spiro atoms. The fourth-order valence-electron chi connectivity index (χ4n) is 2.64. The first-order valence-electron chi connectivity index (χ1n) is 7.33. The van der Waals surface area contributed by atoms with Crippen molar-refractivity contribution in [1.29, 1.82) is 0 Å². The molecule has 20 heavy (non-hydrogen) atoms. The molecule has 0 amide bonds. The van der Waals surface area contributed by atoms with Crippen LogP contribution in [0.5, 0.6) is 0 Å². The van der Waals surface area contributed by atoms with Crippen molar-refractivity contribution < 1.29 is 4.74 Å². The number of aromatic amines is 1. The molecular weight excluding hydrogens is 256 g/mol. The van der Waals surface area contributed by atoms with Crippen LogP contribution in [0.15, 0.2) is 11.0 Å². The predicted octanol–water partition coefficient (Wildman–Crippen LogP) is 1.81. The van der Waals surface area contributed by atoms with E-state index < -0.39 is 0 Å². The van der Waals surface area contributed by atoms with E-state index in [0.717, 1.165) is 51.1 Å². The van der Waals surface area contributed by atoms with Crippen LogP contribution in [0, 0.1) is 0 Å². The van der Waals surface area contributed by atoms with Gasteiger partial charge in [0.1, 0.15) is 11.2 Å². The lowest BCUT2D eigenvalue weighted by Crippen LogP contribution is -2.21. The van der Waals surface area contributed by atoms with Gasteiger partial charge in [-0.25, -0.2) is 9.67 Å². The minimum Gasteiger partial charge on any atom is -0.381 e. The number of ether oxygens (including phenoxy) is 1. The molecule has 3 heterocycles. The summed E-state index contributed by atoms with van der Waals surface area (Å²) < 4.78 is 7.29. The maximum absolute atomic E-state index is 12.1. The van der Waals surface area contributed by atoms with E-state index >= 15 is 0 Å². The van der Waals surface area contributed by atoms with Gasteiger partial charge in [-0.15, -0.1) is 0 Å². The van der Waals surface area contributed by atoms with E-state index in [1.54, 1.807) is 6.20 Å². The van der Waals surface area contributed by atoms with Crippen LogP contribution in [0.4, 0.5) is 0 Å². The number of rotatable bonds is 4. The summed E-state index contributed by atoms with van der Waals surface area (Å²) in [6, 6.07) is 0.287. The summed E-state index contributed by atoms with van der Waals surface area (Å²) in [4.78, 5) is 19.6. The Balaban J connectivity index is 2.00. The topological polar surface area (TPSA) is 72.8 Å². The first kappa shape index (κ1) is 13.3. The Morgan fingerprint density at radius 3 is 3.00 bits per heavy atom. The summed E-state index contributed by atoms with van der Waals surface area (Å²) >= 11 is 0. The lowest BCUT2D eigenvalue weighted by Gasteiger charge is -2.22. The second kappa shape index (κ2) is 5.75. The standard InChI is InChI=1S/C14H20N4O2/c1-2-3-4-12-16-13-11(14(19)17-12)9-15-18(13)10-5-7-20-8-6-10/h9-10H,2-8H2,1H3,(H,16,17,19). The molecule has 2 aromatic rings. The number of aryl methyl sites for hydroxylation is 1. The van der Waals surface area contributed by atoms with Crippen LogP contribution in [0.2, 0.25) is 0 Å². The third kappa shape index (κ3) is 2.47. The molecule has 6 heteroatoms. The smallest absolute Gasteiger partial charge is 0.262 e. The minimum absolute atomic E-state index is 0.0839. The number of fused-ring (bicyclic) bond motifs is 1. The van der Waals surface area contributed by atoms with E-state index in [1.807, 2.05) is 4.68 Å². The van der Waals surface area contributed by atoms with Gasteiger partial charge in [0, 0.05) is 19.6 Å². The van der Waals surface area contributed by atoms with Crippen LogP contribution >= 0.6 is 0 Å². The number of nitrogens with zero attached hydrogens (tertiary/aromatic N) is 3. The molecule has 0 radical (unpaired) electrons. The third-order valence-corrected chi connectivity index (χ3v) is 3.82. The molecule has 0 unspecified atom stereocenters. The second-order valence-corrected chi connectivity index (χ2v) is 5.29. The summed E-state index contributed by atoms with van der Waals surface area (Å²) in [6.07, 6.45) is 6.40. The Labute approximate surface area is 117 Å². The number of H-pyrrole nitrogens is 1. The Kier molecular flexibility index (Phi) is 3.82. The quantitative estimate of drug-likeness (QED) is 0.924. The van der Waals surface area contributed by atoms with Gasteiger partial charge >= 0.3 is 0 Å². The molecule has 0 saturated carbocycles. The van der Waals surface area contributed by atoms with Gasteiger partial charge in [0.15, 0.2) is 5.65 Å². The van der Waals surface area contributed by atoms with Crippen LogP contribution < -0.4 is 5.56 Å². The molecule has 108 valence electrons. The number of unbranched alkanes of at least 4 members (excludes halogenated alkanes) is 1. The molecule has 1 aliphatic rings. The van der Waals surface area contributed by atoms with Crippen molar-refractivity contribution in [2.24, 2.45) is 0 Å². The van der Waals surface area contributed by atoms with E-state index in [1.165, 1.54) is 0 Å². The van der Waals surface area contributed by atoms with E-state index in [4.69, 9.17) is 4.74 Å². The lowest BCUT2D eigenvalue weighted by molar-refractivity contribution is 0.0673. The molecule has 0 bridgehead atoms. The minimum atomic E-state index is -0.0839. The highest BCUT2D eigenvalue weighted by molar-refractivity contribution is 5.73. The van der Waals surface area contributed by atoms with E-state index in [9.17, 15) is 4.79 Å². The number of hydrogen-bond acceptors (Lipinski definition) is 4. The first-order chi connectivity index (χ1) is 9.79. The van der Waals surface area contributed by atoms with Gasteiger partial charge in [0.25, 0.3) is 5.56 Å². The average molecular weight is 276 g/mol. The Morgan fingerprint density at radius 1 is 1.45 bits per heavy atom. The van der Waals surface area contributed by atoms with E-state index in [2.05, 4.69) is 22.0 Å². The van der Waals surface area contributed by atoms with Crippen molar-refractivity contribution in [2.45, 2.75) is 45.1 Å². The molecule has 6 nitrogen and oxygen atoms in total. The molecule has 3 rings (SSSR count). The molecule has 2 aromatic heterocycles. The van der Waals surface area contributed by atoms with Crippen LogP contribution in [-0.2, 0) is 11.2 Å². The van der Waals surface area contributed by atoms with Gasteiger partial charge in [-0.1, -0.05) is 13.3 Å². The monoisotopic (exact) mass is 276 g/mol. The summed E-state index contributed by atoms with van der Waals surface area (Å²) in [7, 11) is 0. The van der Waals surface area contributed by atoms with Crippen LogP contribution in [0.25, 0.3) is 11.0 Å². The molecule has 1 saturated heterocycles. The van der Waals surface area contributed by atoms with Crippen LogP contribution in [0.1, 0.15) is 44.5 Å². The number of nitrogens with one attached hydrogen (secondary N) is 1. The van der Waals surface area contributed by atoms with Crippen molar-refractivity contribution in [2.75, 3.05) is 13.2 Å². The van der Waals surface area contributed by atoms with Gasteiger partial charge in [0.2, 0.25) is 0 Å². The van der Waals surface area contributed by atoms with Crippen molar-refractivity contribution in [3.05, 3.63) is 22.4 Å². The number of aromatic nitrogens is 4. The maximum Gasteiger partial charge on any atom is 0.262 e. The fourth-order valence-corrected chi connectivity index (χ4v) is 2.64. The molecule has 0 atom stereocenters. The summed E-state index contributed by atoms with van der Waals surface area (Å²) in [5.41, 5.74) is 0.631. The number of hydrogen-bond donors (Lipinski definition) is 1. The molecule has 1 fully saturated rings. The highest BCUT2D eigenvalue weighted by Crippen LogP contribution is 2.23. The average Bonchev–Trinajstić information content (AvgIpc) is 2.90. The Morgan fingerprint density at radius 2 is 2.25 bits per heavy atom. The van der Waals surface area contributed by atoms with Gasteiger partial charge in [-0.2, -0.15) is 5.10 Å². The lowest BCUT2D eigenvalue weighted by atomic mass is 10.1. The van der Waals surface area contributed by atoms with Gasteiger partial charge < -0.3 is 9.72 Å². The SMILES string of the molecule is CCCCc1nc2c(cnn2C2CCOCC2)c(=O)[nH]1. The highest BCUT2D eigenvalue weighted by atomic mass is 16.5. The van der Waals surface area contributed by atoms with Gasteiger partial charge in [-0.05, 0) is 19.3 Å². The van der Waals surface area contributed by atoms with Gasteiger partial charge in [-0.3, -0.25) is 4.79 Å². The summed E-state index contributed by atoms with van der Waals surface area (Å²) in [6.45, 7) is 3.62. The molecule has 1 N–H and O–H groups in total. The zero-order chi connectivity index (χ0) is 13.9. The zero-order valence-corrected chi connectivity index (χ0v) is 11.8. The van der Waals surface area contributed by atoms with Crippen molar-refractivity contribution in [3.63, 3.8) is 0 Å².